The number of ether oxygens (including phenoxy) is 1. The lowest BCUT2D eigenvalue weighted by atomic mass is 9.96. The third-order valence-corrected chi connectivity index (χ3v) is 6.94. The summed E-state index contributed by atoms with van der Waals surface area (Å²) in [5.41, 5.74) is 2.87. The summed E-state index contributed by atoms with van der Waals surface area (Å²) < 4.78 is 48.4. The Hall–Kier alpha value is -3.69. The van der Waals surface area contributed by atoms with Gasteiger partial charge in [-0.1, -0.05) is 42.0 Å². The SMILES string of the molecule is COc1ccccc1N1CCN(C(=O)c2cnn3c2NC(c2ccc(C)cc2)CC3C(F)(F)F)CC1. The summed E-state index contributed by atoms with van der Waals surface area (Å²) in [6.45, 7) is 3.97. The van der Waals surface area contributed by atoms with Gasteiger partial charge in [0.1, 0.15) is 17.1 Å². The quantitative estimate of drug-likeness (QED) is 0.558. The highest BCUT2D eigenvalue weighted by molar-refractivity contribution is 5.99. The van der Waals surface area contributed by atoms with E-state index in [0.717, 1.165) is 27.2 Å². The van der Waals surface area contributed by atoms with Crippen molar-refractivity contribution in [3.63, 3.8) is 0 Å². The van der Waals surface area contributed by atoms with Crippen molar-refractivity contribution in [3.8, 4) is 5.75 Å². The van der Waals surface area contributed by atoms with Crippen LogP contribution in [0.3, 0.4) is 0 Å². The molecule has 7 nitrogen and oxygen atoms in total. The van der Waals surface area contributed by atoms with E-state index in [1.54, 1.807) is 12.0 Å². The summed E-state index contributed by atoms with van der Waals surface area (Å²) in [7, 11) is 1.62. The minimum Gasteiger partial charge on any atom is -0.495 e. The van der Waals surface area contributed by atoms with Crippen LogP contribution in [0.2, 0.25) is 0 Å². The number of piperazine rings is 1. The Labute approximate surface area is 207 Å². The second-order valence-corrected chi connectivity index (χ2v) is 9.20. The molecule has 2 atom stereocenters. The number of nitrogens with zero attached hydrogens (tertiary/aromatic N) is 4. The van der Waals surface area contributed by atoms with Crippen molar-refractivity contribution in [2.45, 2.75) is 31.6 Å². The van der Waals surface area contributed by atoms with Crippen LogP contribution >= 0.6 is 0 Å². The van der Waals surface area contributed by atoms with Crippen LogP contribution in [0.4, 0.5) is 24.7 Å². The van der Waals surface area contributed by atoms with Crippen molar-refractivity contribution < 1.29 is 22.7 Å². The number of hydrogen-bond donors (Lipinski definition) is 1. The molecule has 5 rings (SSSR count). The number of anilines is 2. The molecular formula is C26H28F3N5O2. The van der Waals surface area contributed by atoms with Gasteiger partial charge in [-0.3, -0.25) is 4.79 Å². The molecule has 1 saturated heterocycles. The van der Waals surface area contributed by atoms with Crippen LogP contribution in [-0.2, 0) is 0 Å². The van der Waals surface area contributed by atoms with E-state index in [9.17, 15) is 18.0 Å². The topological polar surface area (TPSA) is 62.6 Å². The summed E-state index contributed by atoms with van der Waals surface area (Å²) >= 11 is 0. The van der Waals surface area contributed by atoms with Crippen LogP contribution < -0.4 is 15.0 Å². The van der Waals surface area contributed by atoms with Gasteiger partial charge in [0, 0.05) is 32.6 Å². The molecule has 2 aliphatic rings. The number of amides is 1. The average molecular weight is 500 g/mol. The van der Waals surface area contributed by atoms with Crippen LogP contribution in [0.1, 0.15) is 40.0 Å². The molecule has 36 heavy (non-hydrogen) atoms. The molecule has 2 aliphatic heterocycles. The van der Waals surface area contributed by atoms with Crippen molar-refractivity contribution in [3.05, 3.63) is 71.4 Å². The zero-order valence-electron chi connectivity index (χ0n) is 20.1. The number of rotatable bonds is 4. The molecule has 0 spiro atoms. The van der Waals surface area contributed by atoms with Gasteiger partial charge in [-0.15, -0.1) is 0 Å². The van der Waals surface area contributed by atoms with Crippen molar-refractivity contribution >= 4 is 17.4 Å². The lowest BCUT2D eigenvalue weighted by Crippen LogP contribution is -2.49. The molecule has 0 radical (unpaired) electrons. The third kappa shape index (κ3) is 4.47. The fourth-order valence-electron chi connectivity index (χ4n) is 4.95. The number of nitrogens with one attached hydrogen (secondary N) is 1. The van der Waals surface area contributed by atoms with Gasteiger partial charge in [0.2, 0.25) is 0 Å². The largest absolute Gasteiger partial charge is 0.495 e. The number of carbonyl (C=O) groups excluding carboxylic acids is 1. The number of aryl methyl sites for hydroxylation is 1. The van der Waals surface area contributed by atoms with Crippen LogP contribution in [-0.4, -0.2) is 60.1 Å². The standard InChI is InChI=1S/C26H28F3N5O2/c1-17-7-9-18(10-8-17)20-15-23(26(27,28)29)34-24(31-20)19(16-30-34)25(35)33-13-11-32(12-14-33)21-5-3-4-6-22(21)36-2/h3-10,16,20,23,31H,11-15H2,1-2H3. The normalized spacial score (nSPS) is 20.0. The Bertz CT molecular complexity index is 1230. The first-order valence-electron chi connectivity index (χ1n) is 11.9. The van der Waals surface area contributed by atoms with Gasteiger partial charge in [0.15, 0.2) is 6.04 Å². The number of benzene rings is 2. The van der Waals surface area contributed by atoms with Gasteiger partial charge in [-0.05, 0) is 24.6 Å². The second kappa shape index (κ2) is 9.40. The number of halogens is 3. The van der Waals surface area contributed by atoms with Crippen molar-refractivity contribution in [1.29, 1.82) is 0 Å². The van der Waals surface area contributed by atoms with E-state index in [0.29, 0.717) is 26.2 Å². The van der Waals surface area contributed by atoms with Crippen LogP contribution in [0.25, 0.3) is 0 Å². The summed E-state index contributed by atoms with van der Waals surface area (Å²) in [5, 5.41) is 7.19. The Kier molecular flexibility index (Phi) is 6.27. The highest BCUT2D eigenvalue weighted by atomic mass is 19.4. The summed E-state index contributed by atoms with van der Waals surface area (Å²) in [6, 6.07) is 12.7. The first-order chi connectivity index (χ1) is 17.3. The predicted octanol–water partition coefficient (Wildman–Crippen LogP) is 4.82. The molecule has 2 aromatic carbocycles. The number of methoxy groups -OCH3 is 1. The number of para-hydroxylation sites is 2. The van der Waals surface area contributed by atoms with E-state index in [2.05, 4.69) is 15.3 Å². The van der Waals surface area contributed by atoms with E-state index in [1.165, 1.54) is 6.20 Å². The molecule has 3 aromatic rings. The molecule has 1 aromatic heterocycles. The zero-order valence-corrected chi connectivity index (χ0v) is 20.1. The molecule has 0 bridgehead atoms. The predicted molar refractivity (Wildman–Crippen MR) is 131 cm³/mol. The molecule has 190 valence electrons. The fraction of sp³-hybridized carbons (Fsp3) is 0.385. The minimum atomic E-state index is -4.49. The molecular weight excluding hydrogens is 471 g/mol. The third-order valence-electron chi connectivity index (χ3n) is 6.94. The van der Waals surface area contributed by atoms with Crippen LogP contribution in [0.5, 0.6) is 5.75 Å². The molecule has 1 amide bonds. The molecule has 0 aliphatic carbocycles. The molecule has 1 fully saturated rings. The summed E-state index contributed by atoms with van der Waals surface area (Å²) in [4.78, 5) is 17.3. The summed E-state index contributed by atoms with van der Waals surface area (Å²) in [6.07, 6.45) is -3.44. The Balaban J connectivity index is 1.37. The number of alkyl halides is 3. The first kappa shape index (κ1) is 24.0. The van der Waals surface area contributed by atoms with Crippen molar-refractivity contribution in [2.24, 2.45) is 0 Å². The van der Waals surface area contributed by atoms with Crippen molar-refractivity contribution in [2.75, 3.05) is 43.5 Å². The number of carbonyl (C=O) groups is 1. The van der Waals surface area contributed by atoms with Gasteiger partial charge >= 0.3 is 6.18 Å². The van der Waals surface area contributed by atoms with Gasteiger partial charge in [-0.2, -0.15) is 18.3 Å². The van der Waals surface area contributed by atoms with E-state index in [1.807, 2.05) is 55.5 Å². The van der Waals surface area contributed by atoms with Gasteiger partial charge in [-0.25, -0.2) is 4.68 Å². The number of aromatic nitrogens is 2. The Morgan fingerprint density at radius 1 is 1.06 bits per heavy atom. The lowest BCUT2D eigenvalue weighted by molar-refractivity contribution is -0.173. The maximum Gasteiger partial charge on any atom is 0.410 e. The van der Waals surface area contributed by atoms with Gasteiger partial charge in [0.25, 0.3) is 5.91 Å². The average Bonchev–Trinajstić information content (AvgIpc) is 3.31. The molecule has 0 saturated carbocycles. The van der Waals surface area contributed by atoms with E-state index in [-0.39, 0.29) is 23.7 Å². The minimum absolute atomic E-state index is 0.117. The smallest absolute Gasteiger partial charge is 0.410 e. The maximum absolute atomic E-state index is 14.0. The first-order valence-corrected chi connectivity index (χ1v) is 11.9. The van der Waals surface area contributed by atoms with E-state index >= 15 is 0 Å². The van der Waals surface area contributed by atoms with Crippen molar-refractivity contribution in [1.82, 2.24) is 14.7 Å². The van der Waals surface area contributed by atoms with Gasteiger partial charge in [0.05, 0.1) is 25.0 Å². The maximum atomic E-state index is 14.0. The molecule has 1 N–H and O–H groups in total. The lowest BCUT2D eigenvalue weighted by Gasteiger charge is -2.37. The molecule has 2 unspecified atom stereocenters. The second-order valence-electron chi connectivity index (χ2n) is 9.20. The van der Waals surface area contributed by atoms with Gasteiger partial charge < -0.3 is 19.9 Å². The molecule has 3 heterocycles. The highest BCUT2D eigenvalue weighted by Crippen LogP contribution is 2.44. The van der Waals surface area contributed by atoms with Crippen LogP contribution in [0, 0.1) is 6.92 Å². The molecule has 10 heteroatoms. The fourth-order valence-corrected chi connectivity index (χ4v) is 4.95. The highest BCUT2D eigenvalue weighted by Gasteiger charge is 2.47. The van der Waals surface area contributed by atoms with E-state index in [4.69, 9.17) is 4.74 Å². The summed E-state index contributed by atoms with van der Waals surface area (Å²) in [5.74, 6) is 0.549. The Morgan fingerprint density at radius 2 is 1.75 bits per heavy atom. The number of hydrogen-bond acceptors (Lipinski definition) is 5. The van der Waals surface area contributed by atoms with Crippen LogP contribution in [0.15, 0.2) is 54.7 Å². The zero-order chi connectivity index (χ0) is 25.4. The number of fused-ring (bicyclic) bond motifs is 1. The monoisotopic (exact) mass is 499 g/mol. The van der Waals surface area contributed by atoms with E-state index < -0.39 is 18.3 Å². The Morgan fingerprint density at radius 3 is 2.42 bits per heavy atom.